The summed E-state index contributed by atoms with van der Waals surface area (Å²) in [5.41, 5.74) is -0.332. The molecule has 1 aromatic carbocycles. The maximum absolute atomic E-state index is 13.5. The number of H-pyrrole nitrogens is 1. The van der Waals surface area contributed by atoms with Gasteiger partial charge in [0.2, 0.25) is 0 Å². The number of aliphatic hydroxyl groups excluding tert-OH is 1. The smallest absolute Gasteiger partial charge is 0.314 e. The van der Waals surface area contributed by atoms with Crippen molar-refractivity contribution < 1.29 is 24.2 Å². The molecular weight excluding hydrogens is 341 g/mol. The van der Waals surface area contributed by atoms with Crippen LogP contribution in [0.15, 0.2) is 30.6 Å². The highest BCUT2D eigenvalue weighted by Gasteiger charge is 2.50. The summed E-state index contributed by atoms with van der Waals surface area (Å²) < 4.78 is 13.5. The standard InChI is InChI=1S/C18H20FN3O4/c1-11-15(21-10-20-11)16(24)22-6-5-14(23)18(9-22,17(25)26)8-12-3-2-4-13(19)7-12/h2-4,7,10,14,23H,5-6,8-9H2,1H3,(H,20,21)(H,25,26)/t14-,18-/m1/s1. The molecule has 0 aliphatic carbocycles. The Kier molecular flexibility index (Phi) is 4.78. The van der Waals surface area contributed by atoms with Gasteiger partial charge in [-0.05, 0) is 37.5 Å². The number of benzene rings is 1. The lowest BCUT2D eigenvalue weighted by molar-refractivity contribution is -0.161. The van der Waals surface area contributed by atoms with Gasteiger partial charge in [-0.2, -0.15) is 0 Å². The van der Waals surface area contributed by atoms with E-state index in [9.17, 15) is 24.2 Å². The highest BCUT2D eigenvalue weighted by Crippen LogP contribution is 2.35. The van der Waals surface area contributed by atoms with Crippen molar-refractivity contribution in [2.24, 2.45) is 5.41 Å². The molecule has 0 spiro atoms. The Morgan fingerprint density at radius 2 is 2.23 bits per heavy atom. The zero-order valence-corrected chi connectivity index (χ0v) is 14.3. The van der Waals surface area contributed by atoms with Crippen LogP contribution in [0.1, 0.15) is 28.2 Å². The number of piperidine rings is 1. The molecule has 2 heterocycles. The van der Waals surface area contributed by atoms with Gasteiger partial charge in [-0.3, -0.25) is 9.59 Å². The third-order valence-electron chi connectivity index (χ3n) is 4.94. The molecule has 1 aromatic heterocycles. The molecule has 7 nitrogen and oxygen atoms in total. The lowest BCUT2D eigenvalue weighted by Gasteiger charge is -2.43. The number of amides is 1. The SMILES string of the molecule is Cc1[nH]cnc1C(=O)N1CC[C@@H](O)[C@](Cc2cccc(F)c2)(C(=O)O)C1. The van der Waals surface area contributed by atoms with E-state index in [1.807, 2.05) is 0 Å². The zero-order chi connectivity index (χ0) is 18.9. The van der Waals surface area contributed by atoms with Crippen molar-refractivity contribution in [3.63, 3.8) is 0 Å². The van der Waals surface area contributed by atoms with Gasteiger partial charge >= 0.3 is 5.97 Å². The van der Waals surface area contributed by atoms with Gasteiger partial charge in [-0.25, -0.2) is 9.37 Å². The molecule has 26 heavy (non-hydrogen) atoms. The number of aliphatic carboxylic acids is 1. The minimum atomic E-state index is -1.61. The van der Waals surface area contributed by atoms with Crippen LogP contribution in [0.5, 0.6) is 0 Å². The Hall–Kier alpha value is -2.74. The molecule has 138 valence electrons. The number of hydrogen-bond donors (Lipinski definition) is 3. The number of halogens is 1. The number of nitrogens with one attached hydrogen (secondary N) is 1. The number of nitrogens with zero attached hydrogens (tertiary/aromatic N) is 2. The van der Waals surface area contributed by atoms with E-state index in [1.54, 1.807) is 13.0 Å². The number of carboxylic acids is 1. The van der Waals surface area contributed by atoms with Gasteiger partial charge in [-0.1, -0.05) is 12.1 Å². The van der Waals surface area contributed by atoms with Gasteiger partial charge in [0.15, 0.2) is 0 Å². The lowest BCUT2D eigenvalue weighted by atomic mass is 9.72. The fraction of sp³-hybridized carbons (Fsp3) is 0.389. The average Bonchev–Trinajstić information content (AvgIpc) is 3.02. The Labute approximate surface area is 149 Å². The molecule has 1 fully saturated rings. The molecule has 1 aliphatic rings. The lowest BCUT2D eigenvalue weighted by Crippen LogP contribution is -2.58. The maximum atomic E-state index is 13.5. The van der Waals surface area contributed by atoms with Crippen molar-refractivity contribution in [3.05, 3.63) is 53.4 Å². The van der Waals surface area contributed by atoms with Gasteiger partial charge < -0.3 is 20.1 Å². The maximum Gasteiger partial charge on any atom is 0.314 e. The third kappa shape index (κ3) is 3.20. The summed E-state index contributed by atoms with van der Waals surface area (Å²) in [5.74, 6) is -2.08. The molecule has 0 radical (unpaired) electrons. The number of likely N-dealkylation sites (tertiary alicyclic amines) is 1. The largest absolute Gasteiger partial charge is 0.481 e. The fourth-order valence-corrected chi connectivity index (χ4v) is 3.45. The summed E-state index contributed by atoms with van der Waals surface area (Å²) in [6.45, 7) is 1.76. The van der Waals surface area contributed by atoms with E-state index >= 15 is 0 Å². The van der Waals surface area contributed by atoms with Crippen LogP contribution in [0.2, 0.25) is 0 Å². The minimum Gasteiger partial charge on any atom is -0.481 e. The number of carboxylic acid groups (broad SMARTS) is 1. The number of aromatic nitrogens is 2. The van der Waals surface area contributed by atoms with Crippen LogP contribution in [0.4, 0.5) is 4.39 Å². The monoisotopic (exact) mass is 361 g/mol. The normalized spacial score (nSPS) is 23.0. The topological polar surface area (TPSA) is 107 Å². The van der Waals surface area contributed by atoms with E-state index < -0.39 is 23.3 Å². The summed E-state index contributed by atoms with van der Waals surface area (Å²) >= 11 is 0. The quantitative estimate of drug-likeness (QED) is 0.763. The summed E-state index contributed by atoms with van der Waals surface area (Å²) in [6, 6.07) is 5.62. The van der Waals surface area contributed by atoms with E-state index in [-0.39, 0.29) is 37.5 Å². The Bertz CT molecular complexity index is 837. The molecular formula is C18H20FN3O4. The van der Waals surface area contributed by atoms with E-state index in [0.717, 1.165) is 0 Å². The predicted octanol–water partition coefficient (Wildman–Crippen LogP) is 1.38. The molecule has 2 atom stereocenters. The van der Waals surface area contributed by atoms with Gasteiger partial charge in [0, 0.05) is 18.8 Å². The van der Waals surface area contributed by atoms with Crippen LogP contribution >= 0.6 is 0 Å². The summed E-state index contributed by atoms with van der Waals surface area (Å²) in [4.78, 5) is 33.0. The van der Waals surface area contributed by atoms with Crippen LogP contribution in [0.3, 0.4) is 0 Å². The number of aliphatic hydroxyl groups is 1. The molecule has 1 aliphatic heterocycles. The van der Waals surface area contributed by atoms with E-state index in [2.05, 4.69) is 9.97 Å². The molecule has 3 N–H and O–H groups in total. The highest BCUT2D eigenvalue weighted by molar-refractivity contribution is 5.94. The number of imidazole rings is 1. The van der Waals surface area contributed by atoms with Crippen molar-refractivity contribution >= 4 is 11.9 Å². The second-order valence-electron chi connectivity index (χ2n) is 6.68. The molecule has 1 amide bonds. The van der Waals surface area contributed by atoms with Gasteiger partial charge in [-0.15, -0.1) is 0 Å². The van der Waals surface area contributed by atoms with Gasteiger partial charge in [0.1, 0.15) is 16.9 Å². The summed E-state index contributed by atoms with van der Waals surface area (Å²) in [7, 11) is 0. The number of aryl methyl sites for hydroxylation is 1. The van der Waals surface area contributed by atoms with E-state index in [0.29, 0.717) is 11.3 Å². The Morgan fingerprint density at radius 1 is 1.46 bits per heavy atom. The number of hydrogen-bond acceptors (Lipinski definition) is 4. The van der Waals surface area contributed by atoms with Crippen molar-refractivity contribution in [3.8, 4) is 0 Å². The molecule has 1 saturated heterocycles. The second kappa shape index (κ2) is 6.87. The first-order valence-electron chi connectivity index (χ1n) is 8.28. The first kappa shape index (κ1) is 18.1. The van der Waals surface area contributed by atoms with Crippen LogP contribution in [0, 0.1) is 18.2 Å². The Morgan fingerprint density at radius 3 is 2.85 bits per heavy atom. The van der Waals surface area contributed by atoms with Crippen molar-refractivity contribution in [1.29, 1.82) is 0 Å². The first-order valence-corrected chi connectivity index (χ1v) is 8.28. The number of aromatic amines is 1. The predicted molar refractivity (Wildman–Crippen MR) is 90.0 cm³/mol. The van der Waals surface area contributed by atoms with Crippen molar-refractivity contribution in [2.45, 2.75) is 25.9 Å². The molecule has 0 saturated carbocycles. The second-order valence-corrected chi connectivity index (χ2v) is 6.68. The Balaban J connectivity index is 1.91. The number of carbonyl (C=O) groups excluding carboxylic acids is 1. The van der Waals surface area contributed by atoms with Crippen molar-refractivity contribution in [2.75, 3.05) is 13.1 Å². The zero-order valence-electron chi connectivity index (χ0n) is 14.3. The van der Waals surface area contributed by atoms with Crippen molar-refractivity contribution in [1.82, 2.24) is 14.9 Å². The van der Waals surface area contributed by atoms with Crippen LogP contribution in [-0.2, 0) is 11.2 Å². The van der Waals surface area contributed by atoms with Gasteiger partial charge in [0.25, 0.3) is 5.91 Å². The molecule has 3 rings (SSSR count). The van der Waals surface area contributed by atoms with Crippen LogP contribution < -0.4 is 0 Å². The molecule has 0 bridgehead atoms. The average molecular weight is 361 g/mol. The third-order valence-corrected chi connectivity index (χ3v) is 4.94. The van der Waals surface area contributed by atoms with Crippen LogP contribution in [-0.4, -0.2) is 56.2 Å². The highest BCUT2D eigenvalue weighted by atomic mass is 19.1. The number of rotatable bonds is 4. The molecule has 0 unspecified atom stereocenters. The number of carbonyl (C=O) groups is 2. The van der Waals surface area contributed by atoms with E-state index in [4.69, 9.17) is 0 Å². The molecule has 8 heteroatoms. The van der Waals surface area contributed by atoms with E-state index in [1.165, 1.54) is 29.4 Å². The summed E-state index contributed by atoms with van der Waals surface area (Å²) in [5, 5.41) is 20.3. The fourth-order valence-electron chi connectivity index (χ4n) is 3.45. The first-order chi connectivity index (χ1) is 12.3. The minimum absolute atomic E-state index is 0.0788. The molecule has 2 aromatic rings. The summed E-state index contributed by atoms with van der Waals surface area (Å²) in [6.07, 6.45) is 0.299. The van der Waals surface area contributed by atoms with Crippen LogP contribution in [0.25, 0.3) is 0 Å². The van der Waals surface area contributed by atoms with Gasteiger partial charge in [0.05, 0.1) is 12.4 Å².